The van der Waals surface area contributed by atoms with Crippen LogP contribution >= 0.6 is 0 Å². The number of piperazine rings is 1. The van der Waals surface area contributed by atoms with Gasteiger partial charge in [-0.1, -0.05) is 0 Å². The van der Waals surface area contributed by atoms with Gasteiger partial charge in [-0.2, -0.15) is 5.10 Å². The summed E-state index contributed by atoms with van der Waals surface area (Å²) in [4.78, 5) is 27.0. The second kappa shape index (κ2) is 6.11. The fourth-order valence-electron chi connectivity index (χ4n) is 3.52. The molecule has 5 heterocycles. The van der Waals surface area contributed by atoms with Gasteiger partial charge in [-0.25, -0.2) is 19.9 Å². The number of aromatic nitrogens is 7. The average Bonchev–Trinajstić information content (AvgIpc) is 3.08. The van der Waals surface area contributed by atoms with Crippen LogP contribution in [0, 0.1) is 6.92 Å². The molecule has 136 valence electrons. The molecule has 0 spiro atoms. The minimum Gasteiger partial charge on any atom is -0.353 e. The molecule has 5 rings (SSSR count). The lowest BCUT2D eigenvalue weighted by Gasteiger charge is -2.36. The van der Waals surface area contributed by atoms with Crippen molar-refractivity contribution in [2.75, 3.05) is 36.0 Å². The van der Waals surface area contributed by atoms with Crippen molar-refractivity contribution in [1.82, 2.24) is 34.7 Å². The number of nitrogens with zero attached hydrogens (tertiary/aromatic N) is 9. The maximum absolute atomic E-state index is 4.69. The second-order valence-electron chi connectivity index (χ2n) is 6.64. The van der Waals surface area contributed by atoms with Gasteiger partial charge in [-0.05, 0) is 19.1 Å². The summed E-state index contributed by atoms with van der Waals surface area (Å²) in [5, 5.41) is 5.33. The van der Waals surface area contributed by atoms with Gasteiger partial charge in [0, 0.05) is 45.6 Å². The zero-order valence-corrected chi connectivity index (χ0v) is 15.2. The second-order valence-corrected chi connectivity index (χ2v) is 6.64. The predicted molar refractivity (Wildman–Crippen MR) is 103 cm³/mol. The molecule has 0 atom stereocenters. The first-order valence-electron chi connectivity index (χ1n) is 8.93. The summed E-state index contributed by atoms with van der Waals surface area (Å²) in [6.07, 6.45) is 5.21. The van der Waals surface area contributed by atoms with Crippen LogP contribution in [0.3, 0.4) is 0 Å². The van der Waals surface area contributed by atoms with Gasteiger partial charge in [0.25, 0.3) is 0 Å². The number of hydrogen-bond donors (Lipinski definition) is 0. The smallest absolute Gasteiger partial charge is 0.180 e. The molecular weight excluding hydrogens is 342 g/mol. The van der Waals surface area contributed by atoms with E-state index in [9.17, 15) is 0 Å². The maximum atomic E-state index is 4.69. The van der Waals surface area contributed by atoms with E-state index in [4.69, 9.17) is 0 Å². The highest BCUT2D eigenvalue weighted by molar-refractivity contribution is 5.87. The highest BCUT2D eigenvalue weighted by Crippen LogP contribution is 2.25. The Balaban J connectivity index is 1.40. The van der Waals surface area contributed by atoms with Crippen molar-refractivity contribution in [3.63, 3.8) is 0 Å². The molecule has 1 aliphatic heterocycles. The standard InChI is InChI=1S/C18H19N9/c1-12-22-17-13(11-21-25(17)2)18(23-12)27-9-7-26(8-10-27)15-4-3-14-16(24-15)20-6-5-19-14/h3-6,11H,7-10H2,1-2H3. The van der Waals surface area contributed by atoms with Crippen molar-refractivity contribution in [2.45, 2.75) is 6.92 Å². The highest BCUT2D eigenvalue weighted by Gasteiger charge is 2.22. The number of fused-ring (bicyclic) bond motifs is 2. The van der Waals surface area contributed by atoms with E-state index in [0.717, 1.165) is 60.2 Å². The molecule has 0 amide bonds. The first-order valence-corrected chi connectivity index (χ1v) is 8.93. The van der Waals surface area contributed by atoms with Gasteiger partial charge in [-0.15, -0.1) is 0 Å². The molecule has 1 aliphatic rings. The Labute approximate surface area is 155 Å². The van der Waals surface area contributed by atoms with E-state index < -0.39 is 0 Å². The van der Waals surface area contributed by atoms with Crippen LogP contribution in [0.5, 0.6) is 0 Å². The van der Waals surface area contributed by atoms with Crippen LogP contribution in [0.15, 0.2) is 30.7 Å². The predicted octanol–water partition coefficient (Wildman–Crippen LogP) is 1.34. The normalized spacial score (nSPS) is 15.0. The molecule has 0 saturated carbocycles. The molecule has 0 N–H and O–H groups in total. The minimum atomic E-state index is 0.681. The van der Waals surface area contributed by atoms with Gasteiger partial charge in [-0.3, -0.25) is 9.67 Å². The van der Waals surface area contributed by atoms with Crippen molar-refractivity contribution in [1.29, 1.82) is 0 Å². The van der Waals surface area contributed by atoms with Crippen molar-refractivity contribution in [3.8, 4) is 0 Å². The number of aryl methyl sites for hydroxylation is 2. The minimum absolute atomic E-state index is 0.681. The fourth-order valence-corrected chi connectivity index (χ4v) is 3.52. The summed E-state index contributed by atoms with van der Waals surface area (Å²) in [6, 6.07) is 3.99. The van der Waals surface area contributed by atoms with E-state index in [2.05, 4.69) is 39.8 Å². The summed E-state index contributed by atoms with van der Waals surface area (Å²) >= 11 is 0. The molecule has 27 heavy (non-hydrogen) atoms. The summed E-state index contributed by atoms with van der Waals surface area (Å²) in [5.74, 6) is 2.66. The van der Waals surface area contributed by atoms with E-state index in [-0.39, 0.29) is 0 Å². The average molecular weight is 361 g/mol. The maximum Gasteiger partial charge on any atom is 0.180 e. The highest BCUT2D eigenvalue weighted by atomic mass is 15.3. The molecule has 9 heteroatoms. The van der Waals surface area contributed by atoms with Gasteiger partial charge in [0.05, 0.1) is 11.6 Å². The molecule has 0 aromatic carbocycles. The number of pyridine rings is 1. The molecule has 9 nitrogen and oxygen atoms in total. The third-order valence-electron chi connectivity index (χ3n) is 4.90. The molecule has 4 aromatic heterocycles. The van der Waals surface area contributed by atoms with Crippen LogP contribution in [0.25, 0.3) is 22.2 Å². The summed E-state index contributed by atoms with van der Waals surface area (Å²) < 4.78 is 1.80. The largest absolute Gasteiger partial charge is 0.353 e. The number of anilines is 2. The van der Waals surface area contributed by atoms with E-state index in [0.29, 0.717) is 5.65 Å². The van der Waals surface area contributed by atoms with E-state index in [1.54, 1.807) is 17.1 Å². The van der Waals surface area contributed by atoms with Crippen molar-refractivity contribution in [2.24, 2.45) is 7.05 Å². The van der Waals surface area contributed by atoms with Gasteiger partial charge < -0.3 is 9.80 Å². The topological polar surface area (TPSA) is 88.8 Å². The van der Waals surface area contributed by atoms with Gasteiger partial charge in [0.1, 0.15) is 23.0 Å². The van der Waals surface area contributed by atoms with Crippen LogP contribution < -0.4 is 9.80 Å². The Morgan fingerprint density at radius 1 is 0.889 bits per heavy atom. The molecule has 1 saturated heterocycles. The van der Waals surface area contributed by atoms with E-state index >= 15 is 0 Å². The Kier molecular flexibility index (Phi) is 3.59. The Bertz CT molecular complexity index is 1130. The third-order valence-corrected chi connectivity index (χ3v) is 4.90. The van der Waals surface area contributed by atoms with E-state index in [1.807, 2.05) is 32.3 Å². The third kappa shape index (κ3) is 2.71. The molecular formula is C18H19N9. The Morgan fingerprint density at radius 2 is 1.67 bits per heavy atom. The number of rotatable bonds is 2. The fraction of sp³-hybridized carbons (Fsp3) is 0.333. The van der Waals surface area contributed by atoms with Crippen LogP contribution in [0.2, 0.25) is 0 Å². The molecule has 0 bridgehead atoms. The van der Waals surface area contributed by atoms with Gasteiger partial charge in [0.15, 0.2) is 11.3 Å². The van der Waals surface area contributed by atoms with Crippen LogP contribution in [-0.2, 0) is 7.05 Å². The molecule has 0 aliphatic carbocycles. The quantitative estimate of drug-likeness (QED) is 0.528. The van der Waals surface area contributed by atoms with Crippen LogP contribution in [-0.4, -0.2) is 60.9 Å². The number of hydrogen-bond acceptors (Lipinski definition) is 8. The lowest BCUT2D eigenvalue weighted by molar-refractivity contribution is 0.642. The molecule has 0 radical (unpaired) electrons. The van der Waals surface area contributed by atoms with Crippen molar-refractivity contribution < 1.29 is 0 Å². The molecule has 1 fully saturated rings. The summed E-state index contributed by atoms with van der Waals surface area (Å²) in [5.41, 5.74) is 2.37. The van der Waals surface area contributed by atoms with Gasteiger partial charge >= 0.3 is 0 Å². The zero-order chi connectivity index (χ0) is 18.4. The van der Waals surface area contributed by atoms with Crippen LogP contribution in [0.1, 0.15) is 5.82 Å². The monoisotopic (exact) mass is 361 g/mol. The zero-order valence-electron chi connectivity index (χ0n) is 15.2. The molecule has 4 aromatic rings. The Hall–Kier alpha value is -3.36. The lowest BCUT2D eigenvalue weighted by atomic mass is 10.2. The van der Waals surface area contributed by atoms with Crippen molar-refractivity contribution in [3.05, 3.63) is 36.5 Å². The first kappa shape index (κ1) is 15.9. The lowest BCUT2D eigenvalue weighted by Crippen LogP contribution is -2.47. The summed E-state index contributed by atoms with van der Waals surface area (Å²) in [6.45, 7) is 5.38. The van der Waals surface area contributed by atoms with E-state index in [1.165, 1.54) is 0 Å². The summed E-state index contributed by atoms with van der Waals surface area (Å²) in [7, 11) is 1.91. The van der Waals surface area contributed by atoms with Crippen LogP contribution in [0.4, 0.5) is 11.6 Å². The van der Waals surface area contributed by atoms with Gasteiger partial charge in [0.2, 0.25) is 0 Å². The molecule has 0 unspecified atom stereocenters. The Morgan fingerprint density at radius 3 is 2.52 bits per heavy atom. The SMILES string of the molecule is Cc1nc(N2CCN(c3ccc4nccnc4n3)CC2)c2cnn(C)c2n1. The van der Waals surface area contributed by atoms with Crippen molar-refractivity contribution >= 4 is 33.8 Å². The first-order chi connectivity index (χ1) is 13.2.